The molecule has 156 valence electrons. The average molecular weight is 406 g/mol. The van der Waals surface area contributed by atoms with E-state index in [2.05, 4.69) is 0 Å². The number of nitrogen functional groups attached to an aromatic ring is 2. The number of hydrogen-bond acceptors (Lipinski definition) is 5. The summed E-state index contributed by atoms with van der Waals surface area (Å²) in [5.74, 6) is 0.0941. The maximum atomic E-state index is 12.7. The summed E-state index contributed by atoms with van der Waals surface area (Å²) >= 11 is 0. The molecule has 0 saturated carbocycles. The van der Waals surface area contributed by atoms with Crippen molar-refractivity contribution in [1.82, 2.24) is 9.55 Å². The molecule has 2 aromatic carbocycles. The van der Waals surface area contributed by atoms with Crippen LogP contribution in [0.25, 0.3) is 22.4 Å². The third kappa shape index (κ3) is 3.63. The summed E-state index contributed by atoms with van der Waals surface area (Å²) in [5, 5.41) is 15.7. The molecule has 8 heteroatoms. The van der Waals surface area contributed by atoms with Crippen LogP contribution in [0.5, 0.6) is 0 Å². The third-order valence-electron chi connectivity index (χ3n) is 5.05. The van der Waals surface area contributed by atoms with Crippen LogP contribution in [0.2, 0.25) is 0 Å². The topological polar surface area (TPSA) is 144 Å². The number of carbonyl (C=O) groups excluding carboxylic acids is 1. The first-order valence-corrected chi connectivity index (χ1v) is 9.79. The summed E-state index contributed by atoms with van der Waals surface area (Å²) in [4.78, 5) is 17.5. The van der Waals surface area contributed by atoms with E-state index in [1.54, 1.807) is 44.2 Å². The minimum Gasteiger partial charge on any atom is -0.464 e. The SMILES string of the molecule is CCOC(=O)C(C)n1c(-c2cccc(C(=N)N)c2)nc2ccc(C(=N)N)c(CC)c21. The van der Waals surface area contributed by atoms with Gasteiger partial charge in [-0.05, 0) is 44.0 Å². The number of aromatic nitrogens is 2. The Morgan fingerprint density at radius 1 is 1.17 bits per heavy atom. The monoisotopic (exact) mass is 406 g/mol. The molecule has 0 amide bonds. The van der Waals surface area contributed by atoms with Crippen molar-refractivity contribution in [1.29, 1.82) is 10.8 Å². The number of fused-ring (bicyclic) bond motifs is 1. The number of ether oxygens (including phenoxy) is 1. The second-order valence-corrected chi connectivity index (χ2v) is 6.95. The quantitative estimate of drug-likeness (QED) is 0.271. The van der Waals surface area contributed by atoms with Gasteiger partial charge in [-0.2, -0.15) is 0 Å². The van der Waals surface area contributed by atoms with Gasteiger partial charge < -0.3 is 20.8 Å². The largest absolute Gasteiger partial charge is 0.464 e. The molecule has 0 aliphatic carbocycles. The first-order valence-electron chi connectivity index (χ1n) is 9.79. The zero-order valence-corrected chi connectivity index (χ0v) is 17.3. The van der Waals surface area contributed by atoms with Gasteiger partial charge in [0, 0.05) is 16.7 Å². The van der Waals surface area contributed by atoms with E-state index in [1.165, 1.54) is 0 Å². The lowest BCUT2D eigenvalue weighted by atomic mass is 10.0. The molecule has 0 spiro atoms. The predicted octanol–water partition coefficient (Wildman–Crippen LogP) is 2.96. The van der Waals surface area contributed by atoms with Crippen LogP contribution in [-0.2, 0) is 16.0 Å². The Morgan fingerprint density at radius 2 is 1.90 bits per heavy atom. The third-order valence-corrected chi connectivity index (χ3v) is 5.05. The zero-order chi connectivity index (χ0) is 22.0. The lowest BCUT2D eigenvalue weighted by molar-refractivity contribution is -0.146. The number of benzene rings is 2. The molecule has 0 bridgehead atoms. The number of esters is 1. The molecular weight excluding hydrogens is 380 g/mol. The summed E-state index contributed by atoms with van der Waals surface area (Å²) in [6.45, 7) is 5.77. The van der Waals surface area contributed by atoms with Gasteiger partial charge in [0.15, 0.2) is 0 Å². The summed E-state index contributed by atoms with van der Waals surface area (Å²) in [6.07, 6.45) is 0.612. The molecule has 3 aromatic rings. The maximum absolute atomic E-state index is 12.7. The van der Waals surface area contributed by atoms with Crippen LogP contribution in [0.4, 0.5) is 0 Å². The molecule has 3 rings (SSSR count). The van der Waals surface area contributed by atoms with Gasteiger partial charge in [-0.15, -0.1) is 0 Å². The highest BCUT2D eigenvalue weighted by Crippen LogP contribution is 2.33. The van der Waals surface area contributed by atoms with E-state index in [0.29, 0.717) is 28.9 Å². The fourth-order valence-electron chi connectivity index (χ4n) is 3.64. The molecule has 30 heavy (non-hydrogen) atoms. The Morgan fingerprint density at radius 3 is 2.50 bits per heavy atom. The van der Waals surface area contributed by atoms with Crippen molar-refractivity contribution in [3.63, 3.8) is 0 Å². The summed E-state index contributed by atoms with van der Waals surface area (Å²) < 4.78 is 7.10. The number of imidazole rings is 1. The van der Waals surface area contributed by atoms with Gasteiger partial charge in [-0.3, -0.25) is 10.8 Å². The fraction of sp³-hybridized carbons (Fsp3) is 0.273. The van der Waals surface area contributed by atoms with Gasteiger partial charge in [0.1, 0.15) is 23.5 Å². The zero-order valence-electron chi connectivity index (χ0n) is 17.3. The van der Waals surface area contributed by atoms with Crippen molar-refractivity contribution in [2.45, 2.75) is 33.2 Å². The van der Waals surface area contributed by atoms with E-state index >= 15 is 0 Å². The molecular formula is C22H26N6O2. The lowest BCUT2D eigenvalue weighted by Gasteiger charge is -2.19. The Kier molecular flexibility index (Phi) is 5.86. The van der Waals surface area contributed by atoms with Crippen molar-refractivity contribution in [2.24, 2.45) is 11.5 Å². The molecule has 1 unspecified atom stereocenters. The van der Waals surface area contributed by atoms with Crippen molar-refractivity contribution in [3.05, 3.63) is 53.1 Å². The molecule has 0 aliphatic rings. The smallest absolute Gasteiger partial charge is 0.328 e. The number of nitrogens with zero attached hydrogens (tertiary/aromatic N) is 2. The molecule has 0 saturated heterocycles. The highest BCUT2D eigenvalue weighted by Gasteiger charge is 2.26. The number of aryl methyl sites for hydroxylation is 1. The number of rotatable bonds is 7. The van der Waals surface area contributed by atoms with Gasteiger partial charge >= 0.3 is 5.97 Å². The number of amidine groups is 2. The minimum absolute atomic E-state index is 0.0367. The van der Waals surface area contributed by atoms with Crippen molar-refractivity contribution < 1.29 is 9.53 Å². The lowest BCUT2D eigenvalue weighted by Crippen LogP contribution is -2.21. The van der Waals surface area contributed by atoms with Crippen molar-refractivity contribution in [3.8, 4) is 11.4 Å². The first-order chi connectivity index (χ1) is 14.3. The van der Waals surface area contributed by atoms with E-state index in [-0.39, 0.29) is 24.2 Å². The van der Waals surface area contributed by atoms with E-state index in [1.807, 2.05) is 17.6 Å². The number of nitrogens with one attached hydrogen (secondary N) is 2. The normalized spacial score (nSPS) is 12.0. The highest BCUT2D eigenvalue weighted by atomic mass is 16.5. The van der Waals surface area contributed by atoms with Gasteiger partial charge in [-0.1, -0.05) is 25.1 Å². The number of hydrogen-bond donors (Lipinski definition) is 4. The molecule has 0 radical (unpaired) electrons. The second kappa shape index (κ2) is 8.36. The molecule has 1 heterocycles. The maximum Gasteiger partial charge on any atom is 0.328 e. The predicted molar refractivity (Wildman–Crippen MR) is 118 cm³/mol. The van der Waals surface area contributed by atoms with Gasteiger partial charge in [-0.25, -0.2) is 9.78 Å². The summed E-state index contributed by atoms with van der Waals surface area (Å²) in [7, 11) is 0. The van der Waals surface area contributed by atoms with Gasteiger partial charge in [0.05, 0.1) is 17.6 Å². The van der Waals surface area contributed by atoms with E-state index in [9.17, 15) is 4.79 Å². The first kappa shape index (κ1) is 21.0. The van der Waals surface area contributed by atoms with Crippen LogP contribution < -0.4 is 11.5 Å². The Labute approximate surface area is 174 Å². The van der Waals surface area contributed by atoms with Crippen molar-refractivity contribution >= 4 is 28.7 Å². The van der Waals surface area contributed by atoms with Gasteiger partial charge in [0.25, 0.3) is 0 Å². The van der Waals surface area contributed by atoms with E-state index in [4.69, 9.17) is 32.0 Å². The van der Waals surface area contributed by atoms with Crippen LogP contribution >= 0.6 is 0 Å². The average Bonchev–Trinajstić information content (AvgIpc) is 3.12. The Hall–Kier alpha value is -3.68. The molecule has 1 atom stereocenters. The van der Waals surface area contributed by atoms with Gasteiger partial charge in [0.2, 0.25) is 0 Å². The molecule has 0 aliphatic heterocycles. The second-order valence-electron chi connectivity index (χ2n) is 6.95. The summed E-state index contributed by atoms with van der Waals surface area (Å²) in [5.41, 5.74) is 15.7. The Balaban J connectivity index is 2.38. The van der Waals surface area contributed by atoms with E-state index < -0.39 is 6.04 Å². The van der Waals surface area contributed by atoms with Crippen LogP contribution in [0, 0.1) is 10.8 Å². The van der Waals surface area contributed by atoms with Crippen molar-refractivity contribution in [2.75, 3.05) is 6.61 Å². The molecule has 6 N–H and O–H groups in total. The van der Waals surface area contributed by atoms with Crippen LogP contribution in [0.3, 0.4) is 0 Å². The minimum atomic E-state index is -0.654. The highest BCUT2D eigenvalue weighted by molar-refractivity contribution is 6.02. The van der Waals surface area contributed by atoms with Crippen LogP contribution in [0.15, 0.2) is 36.4 Å². The molecule has 1 aromatic heterocycles. The van der Waals surface area contributed by atoms with Crippen LogP contribution in [0.1, 0.15) is 43.5 Å². The number of carbonyl (C=O) groups is 1. The molecule has 0 fully saturated rings. The summed E-state index contributed by atoms with van der Waals surface area (Å²) in [6, 6.07) is 10.1. The standard InChI is InChI=1S/C22H26N6O2/c1-4-15-16(20(25)26)9-10-17-18(15)28(12(3)22(29)30-5-2)21(27-17)14-8-6-7-13(11-14)19(23)24/h6-12H,4-5H2,1-3H3,(H3,23,24)(H3,25,26). The number of nitrogens with two attached hydrogens (primary N) is 2. The molecule has 8 nitrogen and oxygen atoms in total. The van der Waals surface area contributed by atoms with Crippen LogP contribution in [-0.4, -0.2) is 33.8 Å². The Bertz CT molecular complexity index is 1150. The fourth-order valence-corrected chi connectivity index (χ4v) is 3.64. The van der Waals surface area contributed by atoms with E-state index in [0.717, 1.165) is 16.6 Å².